The maximum Gasteiger partial charge on any atom is 0.161 e. The molecular weight excluding hydrogens is 512 g/mol. The number of Topliss-reactive ketones (excluding diaryl/α,β-unsaturated/α-hetero) is 1. The van der Waals surface area contributed by atoms with Gasteiger partial charge in [0.1, 0.15) is 11.6 Å². The lowest BCUT2D eigenvalue weighted by Gasteiger charge is -2.42. The lowest BCUT2D eigenvalue weighted by Crippen LogP contribution is -2.42. The van der Waals surface area contributed by atoms with E-state index in [2.05, 4.69) is 15.9 Å². The third-order valence-electron chi connectivity index (χ3n) is 6.34. The average Bonchev–Trinajstić information content (AvgIpc) is 2.84. The minimum Gasteiger partial charge on any atom is -0.507 e. The highest BCUT2D eigenvalue weighted by atomic mass is 79.9. The number of hydrogen-bond donors (Lipinski definition) is 2. The number of nitrogens with one attached hydrogen (secondary N) is 1. The summed E-state index contributed by atoms with van der Waals surface area (Å²) in [7, 11) is 0. The predicted molar refractivity (Wildman–Crippen MR) is 140 cm³/mol. The Bertz CT molecular complexity index is 1360. The molecule has 0 fully saturated rings. The first-order valence-corrected chi connectivity index (χ1v) is 12.3. The Labute approximate surface area is 211 Å². The number of benzene rings is 3. The van der Waals surface area contributed by atoms with Gasteiger partial charge in [-0.3, -0.25) is 15.1 Å². The van der Waals surface area contributed by atoms with Gasteiger partial charge in [-0.05, 0) is 42.7 Å². The number of nitrogens with zero attached hydrogens (tertiary/aromatic N) is 1. The van der Waals surface area contributed by atoms with Crippen LogP contribution in [0.25, 0.3) is 5.76 Å². The Hall–Kier alpha value is -3.15. The van der Waals surface area contributed by atoms with E-state index in [9.17, 15) is 15.3 Å². The summed E-state index contributed by atoms with van der Waals surface area (Å²) in [5, 5.41) is 21.4. The molecule has 2 aliphatic rings. The molecule has 0 radical (unpaired) electrons. The Balaban J connectivity index is 1.86. The zero-order chi connectivity index (χ0) is 23.8. The Morgan fingerprint density at radius 1 is 1.00 bits per heavy atom. The van der Waals surface area contributed by atoms with Crippen LogP contribution in [0, 0.1) is 5.41 Å². The Kier molecular flexibility index (Phi) is 6.15. The molecule has 1 unspecified atom stereocenters. The molecule has 0 saturated carbocycles. The monoisotopic (exact) mass is 532 g/mol. The molecule has 1 aliphatic carbocycles. The van der Waals surface area contributed by atoms with Gasteiger partial charge in [-0.1, -0.05) is 82.1 Å². The number of carbonyl (C=O) groups excluding carboxylic acids is 1. The number of hydrogen-bond acceptors (Lipinski definition) is 3. The van der Waals surface area contributed by atoms with Crippen LogP contribution in [0.1, 0.15) is 36.3 Å². The molecule has 4 nitrogen and oxygen atoms in total. The minimum atomic E-state index is -0.632. The van der Waals surface area contributed by atoms with E-state index in [0.29, 0.717) is 46.6 Å². The first kappa shape index (κ1) is 22.6. The number of halogens is 2. The zero-order valence-electron chi connectivity index (χ0n) is 18.3. The fourth-order valence-electron chi connectivity index (χ4n) is 4.86. The highest BCUT2D eigenvalue weighted by Gasteiger charge is 2.43. The maximum atomic E-state index is 13.5. The van der Waals surface area contributed by atoms with Crippen molar-refractivity contribution in [3.63, 3.8) is 0 Å². The maximum absolute atomic E-state index is 13.5. The molecule has 1 atom stereocenters. The highest BCUT2D eigenvalue weighted by Crippen LogP contribution is 2.49. The van der Waals surface area contributed by atoms with Crippen LogP contribution in [-0.4, -0.2) is 16.7 Å². The number of aliphatic hydroxyl groups excluding tert-OH is 1. The van der Waals surface area contributed by atoms with E-state index >= 15 is 0 Å². The lowest BCUT2D eigenvalue weighted by molar-refractivity contribution is -0.116. The second-order valence-corrected chi connectivity index (χ2v) is 9.71. The standard InChI is InChI=1S/C28H22BrClN2O2/c29-18-10-6-11-19(16-18)32-22-14-7-15-23(33)25(22)24(20-12-4-5-13-21(20)30)26(28(32)31)27(34)17-8-2-1-3-9-17/h1-6,8-13,16,24,31,34H,7,14-15H2/b27-26+,31-28?. The molecule has 3 aromatic rings. The molecule has 5 rings (SSSR count). The molecule has 0 aromatic heterocycles. The largest absolute Gasteiger partial charge is 0.507 e. The molecule has 34 heavy (non-hydrogen) atoms. The molecule has 0 amide bonds. The second kappa shape index (κ2) is 9.24. The number of ketones is 1. The topological polar surface area (TPSA) is 64.4 Å². The molecule has 170 valence electrons. The first-order valence-electron chi connectivity index (χ1n) is 11.1. The van der Waals surface area contributed by atoms with E-state index in [-0.39, 0.29) is 17.4 Å². The molecule has 1 aliphatic heterocycles. The van der Waals surface area contributed by atoms with Crippen LogP contribution < -0.4 is 4.90 Å². The molecule has 6 heteroatoms. The summed E-state index contributed by atoms with van der Waals surface area (Å²) in [6.45, 7) is 0. The van der Waals surface area contributed by atoms with Gasteiger partial charge in [0.15, 0.2) is 5.78 Å². The van der Waals surface area contributed by atoms with E-state index < -0.39 is 5.92 Å². The molecule has 0 spiro atoms. The van der Waals surface area contributed by atoms with Gasteiger partial charge in [0.25, 0.3) is 0 Å². The van der Waals surface area contributed by atoms with Crippen LogP contribution in [0.5, 0.6) is 0 Å². The van der Waals surface area contributed by atoms with Gasteiger partial charge in [-0.15, -0.1) is 0 Å². The average molecular weight is 534 g/mol. The zero-order valence-corrected chi connectivity index (χ0v) is 20.6. The first-order chi connectivity index (χ1) is 16.5. The number of allylic oxidation sites excluding steroid dienone is 2. The lowest BCUT2D eigenvalue weighted by atomic mass is 9.73. The number of rotatable bonds is 3. The molecule has 0 saturated heterocycles. The number of amidine groups is 1. The summed E-state index contributed by atoms with van der Waals surface area (Å²) in [6, 6.07) is 24.2. The summed E-state index contributed by atoms with van der Waals surface area (Å²) in [6.07, 6.45) is 1.81. The van der Waals surface area contributed by atoms with E-state index in [1.807, 2.05) is 60.7 Å². The quantitative estimate of drug-likeness (QED) is 0.340. The van der Waals surface area contributed by atoms with Crippen molar-refractivity contribution >= 4 is 50.6 Å². The van der Waals surface area contributed by atoms with Crippen LogP contribution >= 0.6 is 27.5 Å². The third-order valence-corrected chi connectivity index (χ3v) is 7.18. The van der Waals surface area contributed by atoms with Crippen molar-refractivity contribution in [3.05, 3.63) is 116 Å². The van der Waals surface area contributed by atoms with Crippen LogP contribution in [-0.2, 0) is 4.79 Å². The van der Waals surface area contributed by atoms with Crippen molar-refractivity contribution in [2.75, 3.05) is 4.90 Å². The number of anilines is 1. The summed E-state index contributed by atoms with van der Waals surface area (Å²) in [4.78, 5) is 15.3. The predicted octanol–water partition coefficient (Wildman–Crippen LogP) is 7.66. The molecule has 0 bridgehead atoms. The van der Waals surface area contributed by atoms with Gasteiger partial charge in [0.05, 0.1) is 0 Å². The van der Waals surface area contributed by atoms with Crippen LogP contribution in [0.3, 0.4) is 0 Å². The fourth-order valence-corrected chi connectivity index (χ4v) is 5.50. The van der Waals surface area contributed by atoms with E-state index in [1.165, 1.54) is 0 Å². The third kappa shape index (κ3) is 3.89. The summed E-state index contributed by atoms with van der Waals surface area (Å²) in [5.74, 6) is -0.497. The number of aliphatic hydroxyl groups is 1. The summed E-state index contributed by atoms with van der Waals surface area (Å²) < 4.78 is 0.869. The van der Waals surface area contributed by atoms with Gasteiger partial charge >= 0.3 is 0 Å². The fraction of sp³-hybridized carbons (Fsp3) is 0.143. The second-order valence-electron chi connectivity index (χ2n) is 8.38. The smallest absolute Gasteiger partial charge is 0.161 e. The van der Waals surface area contributed by atoms with Crippen LogP contribution in [0.15, 0.2) is 100 Å². The van der Waals surface area contributed by atoms with Crippen molar-refractivity contribution in [1.82, 2.24) is 0 Å². The summed E-state index contributed by atoms with van der Waals surface area (Å²) >= 11 is 10.2. The SMILES string of the molecule is N=C1/C(=C(/O)c2ccccc2)C(c2ccccc2Cl)C2=C(CCCC2=O)N1c1cccc(Br)c1. The highest BCUT2D eigenvalue weighted by molar-refractivity contribution is 9.10. The Morgan fingerprint density at radius 3 is 2.47 bits per heavy atom. The van der Waals surface area contributed by atoms with Crippen molar-refractivity contribution in [2.24, 2.45) is 0 Å². The van der Waals surface area contributed by atoms with Crippen molar-refractivity contribution in [2.45, 2.75) is 25.2 Å². The summed E-state index contributed by atoms with van der Waals surface area (Å²) in [5.41, 5.74) is 3.83. The van der Waals surface area contributed by atoms with Gasteiger partial charge in [0, 0.05) is 49.9 Å². The van der Waals surface area contributed by atoms with Crippen molar-refractivity contribution < 1.29 is 9.90 Å². The molecule has 3 aromatic carbocycles. The van der Waals surface area contributed by atoms with Crippen molar-refractivity contribution in [3.8, 4) is 0 Å². The molecule has 2 N–H and O–H groups in total. The van der Waals surface area contributed by atoms with E-state index in [1.54, 1.807) is 23.1 Å². The molecular formula is C28H22BrClN2O2. The van der Waals surface area contributed by atoms with Crippen LogP contribution in [0.2, 0.25) is 5.02 Å². The Morgan fingerprint density at radius 2 is 1.74 bits per heavy atom. The number of carbonyl (C=O) groups is 1. The van der Waals surface area contributed by atoms with Crippen LogP contribution in [0.4, 0.5) is 5.69 Å². The van der Waals surface area contributed by atoms with Crippen molar-refractivity contribution in [1.29, 1.82) is 5.41 Å². The normalized spacial score (nSPS) is 19.8. The van der Waals surface area contributed by atoms with E-state index in [0.717, 1.165) is 15.9 Å². The van der Waals surface area contributed by atoms with E-state index in [4.69, 9.17) is 11.6 Å². The minimum absolute atomic E-state index is 0.0250. The van der Waals surface area contributed by atoms with Gasteiger partial charge in [-0.2, -0.15) is 0 Å². The van der Waals surface area contributed by atoms with Gasteiger partial charge < -0.3 is 5.11 Å². The van der Waals surface area contributed by atoms with Gasteiger partial charge in [-0.25, -0.2) is 0 Å². The molecule has 1 heterocycles. The van der Waals surface area contributed by atoms with Gasteiger partial charge in [0.2, 0.25) is 0 Å².